The van der Waals surface area contributed by atoms with Crippen LogP contribution >= 0.6 is 11.6 Å². The second-order valence-electron chi connectivity index (χ2n) is 8.03. The minimum atomic E-state index is -1.01. The zero-order valence-corrected chi connectivity index (χ0v) is 17.4. The minimum Gasteiger partial charge on any atom is -0.478 e. The molecular formula is C22H33ClO4. The van der Waals surface area contributed by atoms with Crippen molar-refractivity contribution in [3.63, 3.8) is 0 Å². The van der Waals surface area contributed by atoms with Gasteiger partial charge in [0.25, 0.3) is 0 Å². The Hall–Kier alpha value is -1.10. The summed E-state index contributed by atoms with van der Waals surface area (Å²) in [7, 11) is 0. The van der Waals surface area contributed by atoms with Crippen molar-refractivity contribution in [2.45, 2.75) is 72.2 Å². The molecule has 0 spiro atoms. The van der Waals surface area contributed by atoms with E-state index < -0.39 is 12.3 Å². The van der Waals surface area contributed by atoms with E-state index in [2.05, 4.69) is 20.8 Å². The summed E-state index contributed by atoms with van der Waals surface area (Å²) < 4.78 is 5.71. The van der Waals surface area contributed by atoms with Crippen molar-refractivity contribution in [3.8, 4) is 0 Å². The number of aromatic carboxylic acids is 1. The minimum absolute atomic E-state index is 0.0569. The predicted molar refractivity (Wildman–Crippen MR) is 108 cm³/mol. The first-order valence-corrected chi connectivity index (χ1v) is 10.5. The molecular weight excluding hydrogens is 364 g/mol. The highest BCUT2D eigenvalue weighted by Crippen LogP contribution is 2.42. The highest BCUT2D eigenvalue weighted by atomic mass is 35.5. The predicted octanol–water partition coefficient (Wildman–Crippen LogP) is 5.75. The molecule has 27 heavy (non-hydrogen) atoms. The van der Waals surface area contributed by atoms with Crippen LogP contribution in [0.15, 0.2) is 18.2 Å². The number of hydrogen-bond acceptors (Lipinski definition) is 3. The average Bonchev–Trinajstić information content (AvgIpc) is 2.65. The number of halogens is 1. The number of carboxylic acids is 1. The van der Waals surface area contributed by atoms with E-state index in [1.54, 1.807) is 6.07 Å². The average molecular weight is 397 g/mol. The maximum Gasteiger partial charge on any atom is 0.335 e. The van der Waals surface area contributed by atoms with Crippen molar-refractivity contribution in [2.24, 2.45) is 23.7 Å². The van der Waals surface area contributed by atoms with Crippen LogP contribution in [0.2, 0.25) is 5.02 Å². The van der Waals surface area contributed by atoms with E-state index in [1.165, 1.54) is 44.2 Å². The van der Waals surface area contributed by atoms with Gasteiger partial charge < -0.3 is 14.9 Å². The van der Waals surface area contributed by atoms with E-state index in [1.807, 2.05) is 0 Å². The number of unbranched alkanes of at least 4 members (excludes halogenated alkanes) is 1. The molecule has 1 aliphatic rings. The van der Waals surface area contributed by atoms with Crippen molar-refractivity contribution in [3.05, 3.63) is 34.3 Å². The van der Waals surface area contributed by atoms with Crippen LogP contribution in [0.1, 0.15) is 75.2 Å². The number of ether oxygens (including phenoxy) is 1. The maximum absolute atomic E-state index is 11.0. The fourth-order valence-electron chi connectivity index (χ4n) is 4.44. The number of carbonyl (C=O) groups is 1. The number of hydrogen-bond donors (Lipinski definition) is 2. The van der Waals surface area contributed by atoms with E-state index in [4.69, 9.17) is 21.4 Å². The Morgan fingerprint density at radius 2 is 2.11 bits per heavy atom. The molecule has 0 saturated heterocycles. The summed E-state index contributed by atoms with van der Waals surface area (Å²) in [4.78, 5) is 11.0. The molecule has 2 N–H and O–H groups in total. The molecule has 1 saturated carbocycles. The second kappa shape index (κ2) is 10.4. The number of aliphatic hydroxyl groups excluding tert-OH is 1. The monoisotopic (exact) mass is 396 g/mol. The third-order valence-corrected chi connectivity index (χ3v) is 6.65. The lowest BCUT2D eigenvalue weighted by molar-refractivity contribution is -0.159. The Kier molecular flexibility index (Phi) is 8.59. The van der Waals surface area contributed by atoms with Gasteiger partial charge in [0, 0.05) is 10.9 Å². The zero-order chi connectivity index (χ0) is 20.0. The van der Waals surface area contributed by atoms with Crippen molar-refractivity contribution in [1.82, 2.24) is 0 Å². The fraction of sp³-hybridized carbons (Fsp3) is 0.682. The zero-order valence-electron chi connectivity index (χ0n) is 16.7. The lowest BCUT2D eigenvalue weighted by Crippen LogP contribution is -2.36. The molecule has 0 heterocycles. The van der Waals surface area contributed by atoms with Gasteiger partial charge in [-0.2, -0.15) is 0 Å². The second-order valence-corrected chi connectivity index (χ2v) is 8.44. The summed E-state index contributed by atoms with van der Waals surface area (Å²) in [5, 5.41) is 19.9. The Morgan fingerprint density at radius 3 is 2.74 bits per heavy atom. The van der Waals surface area contributed by atoms with Crippen LogP contribution in [0.3, 0.4) is 0 Å². The summed E-state index contributed by atoms with van der Waals surface area (Å²) in [6.07, 6.45) is 6.60. The van der Waals surface area contributed by atoms with Crippen molar-refractivity contribution in [2.75, 3.05) is 0 Å². The smallest absolute Gasteiger partial charge is 0.335 e. The first kappa shape index (κ1) is 22.2. The van der Waals surface area contributed by atoms with E-state index in [0.717, 1.165) is 12.3 Å². The SMILES string of the molecule is CCCCC1CCCC(C(C)C(O)OCc2ccc(C(=O)O)cc2Cl)C1C. The van der Waals surface area contributed by atoms with Gasteiger partial charge >= 0.3 is 5.97 Å². The summed E-state index contributed by atoms with van der Waals surface area (Å²) in [6.45, 7) is 6.81. The van der Waals surface area contributed by atoms with Crippen LogP contribution in [0, 0.1) is 23.7 Å². The number of aliphatic hydroxyl groups is 1. The molecule has 1 aromatic carbocycles. The van der Waals surface area contributed by atoms with Gasteiger partial charge in [-0.15, -0.1) is 0 Å². The van der Waals surface area contributed by atoms with E-state index in [0.29, 0.717) is 22.4 Å². The molecule has 4 nitrogen and oxygen atoms in total. The number of rotatable bonds is 9. The lowest BCUT2D eigenvalue weighted by atomic mass is 9.67. The van der Waals surface area contributed by atoms with E-state index >= 15 is 0 Å². The lowest BCUT2D eigenvalue weighted by Gasteiger charge is -2.40. The Balaban J connectivity index is 1.93. The van der Waals surface area contributed by atoms with E-state index in [9.17, 15) is 9.90 Å². The Morgan fingerprint density at radius 1 is 1.37 bits per heavy atom. The van der Waals surface area contributed by atoms with Gasteiger partial charge in [0.1, 0.15) is 0 Å². The molecule has 5 unspecified atom stereocenters. The third-order valence-electron chi connectivity index (χ3n) is 6.29. The van der Waals surface area contributed by atoms with Crippen LogP contribution in [-0.4, -0.2) is 22.5 Å². The summed E-state index contributed by atoms with van der Waals surface area (Å²) >= 11 is 6.15. The summed E-state index contributed by atoms with van der Waals surface area (Å²) in [5.74, 6) is 0.845. The van der Waals surface area contributed by atoms with Crippen molar-refractivity contribution in [1.29, 1.82) is 0 Å². The molecule has 5 heteroatoms. The Labute approximate surface area is 167 Å². The van der Waals surface area contributed by atoms with Gasteiger partial charge in [0.05, 0.1) is 12.2 Å². The van der Waals surface area contributed by atoms with Crippen LogP contribution in [-0.2, 0) is 11.3 Å². The first-order chi connectivity index (χ1) is 12.8. The number of carboxylic acid groups (broad SMARTS) is 1. The molecule has 1 aliphatic carbocycles. The molecule has 5 atom stereocenters. The normalized spacial score (nSPS) is 25.1. The van der Waals surface area contributed by atoms with Gasteiger partial charge in [-0.05, 0) is 41.9 Å². The highest BCUT2D eigenvalue weighted by molar-refractivity contribution is 6.31. The van der Waals surface area contributed by atoms with Crippen molar-refractivity contribution < 1.29 is 19.7 Å². The first-order valence-electron chi connectivity index (χ1n) is 10.2. The van der Waals surface area contributed by atoms with Gasteiger partial charge in [0.2, 0.25) is 0 Å². The largest absolute Gasteiger partial charge is 0.478 e. The maximum atomic E-state index is 11.0. The van der Waals surface area contributed by atoms with Crippen LogP contribution in [0.25, 0.3) is 0 Å². The van der Waals surface area contributed by atoms with Crippen LogP contribution in [0.4, 0.5) is 0 Å². The third kappa shape index (κ3) is 5.94. The molecule has 152 valence electrons. The van der Waals surface area contributed by atoms with Gasteiger partial charge in [-0.3, -0.25) is 0 Å². The standard InChI is InChI=1S/C22H33ClO4/c1-4-5-7-16-8-6-9-19(14(16)2)15(3)22(26)27-13-18-11-10-17(21(24)25)12-20(18)23/h10-12,14-16,19,22,26H,4-9,13H2,1-3H3,(H,24,25). The van der Waals surface area contributed by atoms with Gasteiger partial charge in [0.15, 0.2) is 6.29 Å². The molecule has 0 radical (unpaired) electrons. The molecule has 0 aliphatic heterocycles. The molecule has 1 fully saturated rings. The molecule has 0 bridgehead atoms. The van der Waals surface area contributed by atoms with Gasteiger partial charge in [-0.1, -0.05) is 70.5 Å². The van der Waals surface area contributed by atoms with Crippen molar-refractivity contribution >= 4 is 17.6 Å². The summed E-state index contributed by atoms with van der Waals surface area (Å²) in [5.41, 5.74) is 0.831. The molecule has 1 aromatic rings. The molecule has 2 rings (SSSR count). The Bertz CT molecular complexity index is 618. The molecule has 0 aromatic heterocycles. The van der Waals surface area contributed by atoms with E-state index in [-0.39, 0.29) is 18.1 Å². The van der Waals surface area contributed by atoms with Crippen LogP contribution in [0.5, 0.6) is 0 Å². The quantitative estimate of drug-likeness (QED) is 0.521. The van der Waals surface area contributed by atoms with Crippen LogP contribution < -0.4 is 0 Å². The molecule has 0 amide bonds. The highest BCUT2D eigenvalue weighted by Gasteiger charge is 2.35. The number of benzene rings is 1. The fourth-order valence-corrected chi connectivity index (χ4v) is 4.68. The summed E-state index contributed by atoms with van der Waals surface area (Å²) in [6, 6.07) is 4.57. The topological polar surface area (TPSA) is 66.8 Å². The van der Waals surface area contributed by atoms with Gasteiger partial charge in [-0.25, -0.2) is 4.79 Å².